The number of hydrogen-bond acceptors (Lipinski definition) is 5. The molecule has 2 rings (SSSR count). The predicted molar refractivity (Wildman–Crippen MR) is 87.7 cm³/mol. The minimum absolute atomic E-state index is 0.0587. The Morgan fingerprint density at radius 1 is 1.43 bits per heavy atom. The lowest BCUT2D eigenvalue weighted by atomic mass is 10.1. The van der Waals surface area contributed by atoms with E-state index in [2.05, 4.69) is 16.8 Å². The number of nitrogens with zero attached hydrogens (tertiary/aromatic N) is 3. The Balaban J connectivity index is 2.34. The van der Waals surface area contributed by atoms with E-state index in [0.717, 1.165) is 34.3 Å². The SMILES string of the molecule is C=CCCCN(C)C(=O)c1sc2nnc(C)c(C)c2c1N. The number of allylic oxidation sites excluding steroid dienone is 1. The maximum atomic E-state index is 12.5. The van der Waals surface area contributed by atoms with Crippen LogP contribution in [0.1, 0.15) is 33.8 Å². The molecule has 0 aliphatic rings. The molecule has 2 N–H and O–H groups in total. The predicted octanol–water partition coefficient (Wildman–Crippen LogP) is 2.93. The van der Waals surface area contributed by atoms with Gasteiger partial charge in [-0.1, -0.05) is 6.08 Å². The third kappa shape index (κ3) is 2.90. The van der Waals surface area contributed by atoms with Crippen LogP contribution < -0.4 is 5.73 Å². The number of anilines is 1. The number of amides is 1. The number of aryl methyl sites for hydroxylation is 2. The van der Waals surface area contributed by atoms with Crippen molar-refractivity contribution in [2.75, 3.05) is 19.3 Å². The quantitative estimate of drug-likeness (QED) is 0.681. The monoisotopic (exact) mass is 304 g/mol. The summed E-state index contributed by atoms with van der Waals surface area (Å²) in [4.78, 5) is 15.5. The molecule has 112 valence electrons. The Kier molecular flexibility index (Phi) is 4.57. The summed E-state index contributed by atoms with van der Waals surface area (Å²) < 4.78 is 0. The lowest BCUT2D eigenvalue weighted by molar-refractivity contribution is 0.0799. The van der Waals surface area contributed by atoms with Gasteiger partial charge in [-0.05, 0) is 32.3 Å². The molecule has 2 aromatic rings. The van der Waals surface area contributed by atoms with Crippen molar-refractivity contribution in [2.45, 2.75) is 26.7 Å². The highest BCUT2D eigenvalue weighted by molar-refractivity contribution is 7.21. The molecule has 0 aliphatic carbocycles. The van der Waals surface area contributed by atoms with Crippen LogP contribution in [-0.2, 0) is 0 Å². The lowest BCUT2D eigenvalue weighted by Gasteiger charge is -2.16. The van der Waals surface area contributed by atoms with Crippen molar-refractivity contribution < 1.29 is 4.79 Å². The molecule has 0 saturated carbocycles. The molecule has 0 aliphatic heterocycles. The van der Waals surface area contributed by atoms with E-state index < -0.39 is 0 Å². The number of nitrogens with two attached hydrogens (primary N) is 1. The van der Waals surface area contributed by atoms with Crippen LogP contribution in [0.5, 0.6) is 0 Å². The van der Waals surface area contributed by atoms with Crippen molar-refractivity contribution >= 4 is 33.1 Å². The topological polar surface area (TPSA) is 72.1 Å². The van der Waals surface area contributed by atoms with Crippen LogP contribution in [0.2, 0.25) is 0 Å². The van der Waals surface area contributed by atoms with Crippen LogP contribution >= 0.6 is 11.3 Å². The van der Waals surface area contributed by atoms with Crippen LogP contribution in [-0.4, -0.2) is 34.6 Å². The van der Waals surface area contributed by atoms with Crippen molar-refractivity contribution in [1.29, 1.82) is 0 Å². The van der Waals surface area contributed by atoms with Gasteiger partial charge in [0, 0.05) is 19.0 Å². The standard InChI is InChI=1S/C15H20N4OS/c1-5-6-7-8-19(4)15(20)13-12(16)11-9(2)10(3)17-18-14(11)21-13/h5H,1,6-8,16H2,2-4H3. The van der Waals surface area contributed by atoms with E-state index in [9.17, 15) is 4.79 Å². The molecule has 0 atom stereocenters. The summed E-state index contributed by atoms with van der Waals surface area (Å²) >= 11 is 1.31. The Morgan fingerprint density at radius 3 is 2.81 bits per heavy atom. The normalized spacial score (nSPS) is 10.8. The maximum absolute atomic E-state index is 12.5. The summed E-state index contributed by atoms with van der Waals surface area (Å²) in [7, 11) is 1.79. The van der Waals surface area contributed by atoms with Crippen molar-refractivity contribution in [3.8, 4) is 0 Å². The van der Waals surface area contributed by atoms with Crippen LogP contribution in [0.3, 0.4) is 0 Å². The average molecular weight is 304 g/mol. The Hall–Kier alpha value is -1.95. The van der Waals surface area contributed by atoms with Crippen molar-refractivity contribution in [3.63, 3.8) is 0 Å². The molecule has 0 saturated heterocycles. The Labute approximate surface area is 128 Å². The number of rotatable bonds is 5. The molecule has 6 heteroatoms. The van der Waals surface area contributed by atoms with Crippen LogP contribution in [0.25, 0.3) is 10.2 Å². The number of carbonyl (C=O) groups excluding carboxylic acids is 1. The number of fused-ring (bicyclic) bond motifs is 1. The minimum Gasteiger partial charge on any atom is -0.397 e. The highest BCUT2D eigenvalue weighted by Crippen LogP contribution is 2.35. The second-order valence-electron chi connectivity index (χ2n) is 5.09. The van der Waals surface area contributed by atoms with E-state index in [-0.39, 0.29) is 5.91 Å². The number of unbranched alkanes of at least 4 members (excludes halogenated alkanes) is 1. The van der Waals surface area contributed by atoms with Gasteiger partial charge in [-0.25, -0.2) is 0 Å². The van der Waals surface area contributed by atoms with Gasteiger partial charge in [-0.2, -0.15) is 5.10 Å². The molecule has 0 aromatic carbocycles. The van der Waals surface area contributed by atoms with Gasteiger partial charge in [-0.15, -0.1) is 23.0 Å². The summed E-state index contributed by atoms with van der Waals surface area (Å²) in [5.74, 6) is -0.0587. The zero-order chi connectivity index (χ0) is 15.6. The van der Waals surface area contributed by atoms with Gasteiger partial charge in [0.2, 0.25) is 0 Å². The summed E-state index contributed by atoms with van der Waals surface area (Å²) in [6, 6.07) is 0. The molecule has 21 heavy (non-hydrogen) atoms. The number of carbonyl (C=O) groups is 1. The molecule has 0 fully saturated rings. The Bertz CT molecular complexity index is 693. The van der Waals surface area contributed by atoms with E-state index in [0.29, 0.717) is 17.1 Å². The van der Waals surface area contributed by atoms with E-state index in [4.69, 9.17) is 5.73 Å². The third-order valence-corrected chi connectivity index (χ3v) is 4.66. The van der Waals surface area contributed by atoms with Gasteiger partial charge in [-0.3, -0.25) is 4.79 Å². The van der Waals surface area contributed by atoms with Crippen molar-refractivity contribution in [1.82, 2.24) is 15.1 Å². The van der Waals surface area contributed by atoms with E-state index in [1.165, 1.54) is 11.3 Å². The van der Waals surface area contributed by atoms with Gasteiger partial charge >= 0.3 is 0 Å². The van der Waals surface area contributed by atoms with E-state index >= 15 is 0 Å². The zero-order valence-electron chi connectivity index (χ0n) is 12.6. The van der Waals surface area contributed by atoms with E-state index in [1.807, 2.05) is 19.9 Å². The number of nitrogen functional groups attached to an aromatic ring is 1. The van der Waals surface area contributed by atoms with Crippen LogP contribution in [0.15, 0.2) is 12.7 Å². The van der Waals surface area contributed by atoms with Gasteiger partial charge in [0.25, 0.3) is 5.91 Å². The van der Waals surface area contributed by atoms with Crippen LogP contribution in [0.4, 0.5) is 5.69 Å². The first-order chi connectivity index (χ1) is 9.97. The molecule has 0 spiro atoms. The first kappa shape index (κ1) is 15.4. The smallest absolute Gasteiger partial charge is 0.265 e. The first-order valence-corrected chi connectivity index (χ1v) is 7.67. The second-order valence-corrected chi connectivity index (χ2v) is 6.09. The minimum atomic E-state index is -0.0587. The number of hydrogen-bond donors (Lipinski definition) is 1. The van der Waals surface area contributed by atoms with Gasteiger partial charge in [0.05, 0.1) is 11.4 Å². The lowest BCUT2D eigenvalue weighted by Crippen LogP contribution is -2.27. The molecule has 0 bridgehead atoms. The third-order valence-electron chi connectivity index (χ3n) is 3.58. The highest BCUT2D eigenvalue weighted by atomic mass is 32.1. The second kappa shape index (κ2) is 6.22. The fourth-order valence-corrected chi connectivity index (χ4v) is 3.24. The van der Waals surface area contributed by atoms with Crippen molar-refractivity contribution in [2.24, 2.45) is 0 Å². The summed E-state index contributed by atoms with van der Waals surface area (Å²) in [6.45, 7) is 8.21. The fourth-order valence-electron chi connectivity index (χ4n) is 2.15. The van der Waals surface area contributed by atoms with E-state index in [1.54, 1.807) is 11.9 Å². The summed E-state index contributed by atoms with van der Waals surface area (Å²) in [6.07, 6.45) is 3.64. The molecular formula is C15H20N4OS. The number of aromatic nitrogens is 2. The molecular weight excluding hydrogens is 284 g/mol. The van der Waals surface area contributed by atoms with Gasteiger partial charge in [0.15, 0.2) is 0 Å². The van der Waals surface area contributed by atoms with Crippen LogP contribution in [0, 0.1) is 13.8 Å². The Morgan fingerprint density at radius 2 is 2.14 bits per heavy atom. The highest BCUT2D eigenvalue weighted by Gasteiger charge is 2.22. The molecule has 0 unspecified atom stereocenters. The molecule has 0 radical (unpaired) electrons. The summed E-state index contributed by atoms with van der Waals surface area (Å²) in [5, 5.41) is 9.10. The van der Waals surface area contributed by atoms with Gasteiger partial charge in [0.1, 0.15) is 9.71 Å². The molecule has 2 aromatic heterocycles. The molecule has 2 heterocycles. The largest absolute Gasteiger partial charge is 0.397 e. The first-order valence-electron chi connectivity index (χ1n) is 6.85. The summed E-state index contributed by atoms with van der Waals surface area (Å²) in [5.41, 5.74) is 8.53. The molecule has 5 nitrogen and oxygen atoms in total. The maximum Gasteiger partial charge on any atom is 0.265 e. The molecule has 1 amide bonds. The zero-order valence-corrected chi connectivity index (χ0v) is 13.5. The number of thiophene rings is 1. The van der Waals surface area contributed by atoms with Crippen molar-refractivity contribution in [3.05, 3.63) is 28.8 Å². The average Bonchev–Trinajstić information content (AvgIpc) is 2.80. The fraction of sp³-hybridized carbons (Fsp3) is 0.400. The van der Waals surface area contributed by atoms with Gasteiger partial charge < -0.3 is 10.6 Å².